The molecule has 2 aromatic rings. The number of rotatable bonds is 3. The van der Waals surface area contributed by atoms with Gasteiger partial charge in [0.05, 0.1) is 11.9 Å². The molecule has 0 aliphatic carbocycles. The highest BCUT2D eigenvalue weighted by atomic mass is 32.2. The van der Waals surface area contributed by atoms with Crippen molar-refractivity contribution in [2.24, 2.45) is 0 Å². The molecule has 0 aliphatic heterocycles. The molecule has 1 heterocycles. The van der Waals surface area contributed by atoms with Gasteiger partial charge < -0.3 is 0 Å². The first kappa shape index (κ1) is 9.92. The fourth-order valence-corrected chi connectivity index (χ4v) is 1.60. The molecule has 0 radical (unpaired) electrons. The lowest BCUT2D eigenvalue weighted by Crippen LogP contribution is -1.94. The third kappa shape index (κ3) is 2.07. The first-order chi connectivity index (χ1) is 7.33. The molecule has 5 heteroatoms. The second-order valence-electron chi connectivity index (χ2n) is 2.90. The smallest absolute Gasteiger partial charge is 0.171 e. The van der Waals surface area contributed by atoms with Gasteiger partial charge in [0.1, 0.15) is 5.69 Å². The Bertz CT molecular complexity index is 464. The normalized spacial score (nSPS) is 10.2. The molecule has 0 N–H and O–H groups in total. The summed E-state index contributed by atoms with van der Waals surface area (Å²) in [4.78, 5) is 11.6. The van der Waals surface area contributed by atoms with Crippen LogP contribution in [0, 0.1) is 0 Å². The van der Waals surface area contributed by atoms with Gasteiger partial charge in [-0.05, 0) is 30.5 Å². The summed E-state index contributed by atoms with van der Waals surface area (Å²) in [7, 11) is 0. The largest absolute Gasteiger partial charge is 0.296 e. The van der Waals surface area contributed by atoms with Crippen LogP contribution in [0.25, 0.3) is 5.69 Å². The van der Waals surface area contributed by atoms with Crippen molar-refractivity contribution in [1.29, 1.82) is 0 Å². The van der Waals surface area contributed by atoms with E-state index in [-0.39, 0.29) is 0 Å². The van der Waals surface area contributed by atoms with Gasteiger partial charge in [0.15, 0.2) is 6.29 Å². The van der Waals surface area contributed by atoms with Gasteiger partial charge in [-0.2, -0.15) is 0 Å². The van der Waals surface area contributed by atoms with Crippen LogP contribution in [-0.2, 0) is 0 Å². The number of aromatic nitrogens is 3. The quantitative estimate of drug-likeness (QED) is 0.583. The lowest BCUT2D eigenvalue weighted by Gasteiger charge is -2.00. The van der Waals surface area contributed by atoms with E-state index >= 15 is 0 Å². The zero-order valence-electron chi connectivity index (χ0n) is 8.12. The van der Waals surface area contributed by atoms with Crippen molar-refractivity contribution in [3.05, 3.63) is 36.2 Å². The van der Waals surface area contributed by atoms with E-state index < -0.39 is 0 Å². The molecule has 2 rings (SSSR count). The number of thioether (sulfide) groups is 1. The monoisotopic (exact) mass is 219 g/mol. The minimum atomic E-state index is 0.337. The predicted octanol–water partition coefficient (Wildman–Crippen LogP) is 1.80. The molecule has 0 aliphatic rings. The molecule has 76 valence electrons. The van der Waals surface area contributed by atoms with Gasteiger partial charge in [-0.15, -0.1) is 16.9 Å². The van der Waals surface area contributed by atoms with E-state index in [1.54, 1.807) is 22.6 Å². The molecule has 0 saturated heterocycles. The molecule has 0 amide bonds. The number of carbonyl (C=O) groups excluding carboxylic acids is 1. The van der Waals surface area contributed by atoms with Gasteiger partial charge in [-0.3, -0.25) is 4.79 Å². The molecule has 0 unspecified atom stereocenters. The maximum absolute atomic E-state index is 10.4. The van der Waals surface area contributed by atoms with Crippen molar-refractivity contribution >= 4 is 18.0 Å². The average Bonchev–Trinajstić information content (AvgIpc) is 2.78. The topological polar surface area (TPSA) is 47.8 Å². The number of benzene rings is 1. The Balaban J connectivity index is 2.32. The summed E-state index contributed by atoms with van der Waals surface area (Å²) in [6.45, 7) is 0. The predicted molar refractivity (Wildman–Crippen MR) is 58.5 cm³/mol. The molecule has 0 spiro atoms. The van der Waals surface area contributed by atoms with Crippen LogP contribution in [0.3, 0.4) is 0 Å². The zero-order chi connectivity index (χ0) is 10.7. The fourth-order valence-electron chi connectivity index (χ4n) is 1.19. The highest BCUT2D eigenvalue weighted by molar-refractivity contribution is 7.98. The molecular weight excluding hydrogens is 210 g/mol. The van der Waals surface area contributed by atoms with Crippen LogP contribution in [0.5, 0.6) is 0 Å². The van der Waals surface area contributed by atoms with E-state index in [0.717, 1.165) is 5.69 Å². The van der Waals surface area contributed by atoms with E-state index in [0.29, 0.717) is 12.0 Å². The molecule has 0 atom stereocenters. The third-order valence-corrected chi connectivity index (χ3v) is 2.71. The Labute approximate surface area is 91.3 Å². The van der Waals surface area contributed by atoms with Crippen molar-refractivity contribution in [3.8, 4) is 5.69 Å². The van der Waals surface area contributed by atoms with Crippen LogP contribution < -0.4 is 0 Å². The van der Waals surface area contributed by atoms with Crippen LogP contribution >= 0.6 is 11.8 Å². The van der Waals surface area contributed by atoms with E-state index in [2.05, 4.69) is 10.3 Å². The Morgan fingerprint density at radius 2 is 2.07 bits per heavy atom. The summed E-state index contributed by atoms with van der Waals surface area (Å²) in [6.07, 6.45) is 4.30. The van der Waals surface area contributed by atoms with E-state index in [4.69, 9.17) is 0 Å². The van der Waals surface area contributed by atoms with E-state index in [1.165, 1.54) is 4.90 Å². The molecule has 1 aromatic carbocycles. The SMILES string of the molecule is CSc1ccc(-n2cc(C=O)nn2)cc1. The minimum Gasteiger partial charge on any atom is -0.296 e. The number of aldehydes is 1. The Hall–Kier alpha value is -1.62. The summed E-state index contributed by atoms with van der Waals surface area (Å²) in [5.41, 5.74) is 1.23. The van der Waals surface area contributed by atoms with Crippen LogP contribution in [0.15, 0.2) is 35.4 Å². The fraction of sp³-hybridized carbons (Fsp3) is 0.100. The minimum absolute atomic E-state index is 0.337. The summed E-state index contributed by atoms with van der Waals surface area (Å²) in [5.74, 6) is 0. The number of nitrogens with zero attached hydrogens (tertiary/aromatic N) is 3. The Morgan fingerprint density at radius 1 is 1.33 bits per heavy atom. The molecule has 4 nitrogen and oxygen atoms in total. The maximum atomic E-state index is 10.4. The Morgan fingerprint density at radius 3 is 2.60 bits per heavy atom. The first-order valence-corrected chi connectivity index (χ1v) is 5.58. The van der Waals surface area contributed by atoms with Crippen LogP contribution in [0.1, 0.15) is 10.5 Å². The molecule has 15 heavy (non-hydrogen) atoms. The number of hydrogen-bond donors (Lipinski definition) is 0. The highest BCUT2D eigenvalue weighted by Gasteiger charge is 2.01. The van der Waals surface area contributed by atoms with Crippen LogP contribution in [0.4, 0.5) is 0 Å². The van der Waals surface area contributed by atoms with Gasteiger partial charge in [-0.25, -0.2) is 4.68 Å². The summed E-state index contributed by atoms with van der Waals surface area (Å²) in [5, 5.41) is 7.53. The average molecular weight is 219 g/mol. The lowest BCUT2D eigenvalue weighted by molar-refractivity contribution is 0.111. The molecule has 0 bridgehead atoms. The summed E-state index contributed by atoms with van der Waals surface area (Å²) < 4.78 is 1.58. The molecule has 1 aromatic heterocycles. The maximum Gasteiger partial charge on any atom is 0.171 e. The van der Waals surface area contributed by atoms with E-state index in [9.17, 15) is 4.79 Å². The van der Waals surface area contributed by atoms with Crippen molar-refractivity contribution in [2.75, 3.05) is 6.26 Å². The van der Waals surface area contributed by atoms with Crippen molar-refractivity contribution < 1.29 is 4.79 Å². The van der Waals surface area contributed by atoms with Crippen LogP contribution in [-0.4, -0.2) is 27.5 Å². The summed E-state index contributed by atoms with van der Waals surface area (Å²) >= 11 is 1.68. The number of carbonyl (C=O) groups is 1. The Kier molecular flexibility index (Phi) is 2.82. The van der Waals surface area contributed by atoms with Crippen molar-refractivity contribution in [2.45, 2.75) is 4.90 Å². The van der Waals surface area contributed by atoms with Crippen molar-refractivity contribution in [1.82, 2.24) is 15.0 Å². The van der Waals surface area contributed by atoms with Gasteiger partial charge in [0.25, 0.3) is 0 Å². The van der Waals surface area contributed by atoms with Gasteiger partial charge in [0.2, 0.25) is 0 Å². The van der Waals surface area contributed by atoms with E-state index in [1.807, 2.05) is 30.5 Å². The second kappa shape index (κ2) is 4.27. The zero-order valence-corrected chi connectivity index (χ0v) is 8.94. The molecular formula is C10H9N3OS. The molecule has 0 saturated carbocycles. The lowest BCUT2D eigenvalue weighted by atomic mass is 10.3. The second-order valence-corrected chi connectivity index (χ2v) is 3.78. The van der Waals surface area contributed by atoms with Gasteiger partial charge >= 0.3 is 0 Å². The third-order valence-electron chi connectivity index (χ3n) is 1.97. The first-order valence-electron chi connectivity index (χ1n) is 4.35. The standard InChI is InChI=1S/C10H9N3OS/c1-15-10-4-2-9(3-5-10)13-6-8(7-14)11-12-13/h2-7H,1H3. The van der Waals surface area contributed by atoms with Crippen molar-refractivity contribution in [3.63, 3.8) is 0 Å². The summed E-state index contributed by atoms with van der Waals surface area (Å²) in [6, 6.07) is 7.88. The van der Waals surface area contributed by atoms with Crippen LogP contribution in [0.2, 0.25) is 0 Å². The number of hydrogen-bond acceptors (Lipinski definition) is 4. The van der Waals surface area contributed by atoms with Gasteiger partial charge in [0, 0.05) is 4.90 Å². The van der Waals surface area contributed by atoms with Gasteiger partial charge in [-0.1, -0.05) is 5.21 Å². The molecule has 0 fully saturated rings. The highest BCUT2D eigenvalue weighted by Crippen LogP contribution is 2.16.